The molecule has 29 heavy (non-hydrogen) atoms. The van der Waals surface area contributed by atoms with Crippen molar-refractivity contribution >= 4 is 23.2 Å². The predicted octanol–water partition coefficient (Wildman–Crippen LogP) is 3.60. The SMILES string of the molecule is O=C(COc1ccccc1[N+](=O)[O-])N1CCc2[nH]nc(-c3ccc(Cl)cc3)c2C1. The fourth-order valence-corrected chi connectivity index (χ4v) is 3.44. The Bertz CT molecular complexity index is 1060. The number of ether oxygens (including phenoxy) is 1. The molecule has 0 saturated carbocycles. The van der Waals surface area contributed by atoms with Crippen LogP contribution in [-0.2, 0) is 17.8 Å². The number of hydrogen-bond acceptors (Lipinski definition) is 5. The largest absolute Gasteiger partial charge is 0.477 e. The summed E-state index contributed by atoms with van der Waals surface area (Å²) in [6.07, 6.45) is 0.646. The maximum absolute atomic E-state index is 12.7. The van der Waals surface area contributed by atoms with E-state index in [9.17, 15) is 14.9 Å². The normalized spacial score (nSPS) is 13.1. The summed E-state index contributed by atoms with van der Waals surface area (Å²) in [4.78, 5) is 24.9. The Hall–Kier alpha value is -3.39. The topological polar surface area (TPSA) is 101 Å². The number of aromatic amines is 1. The van der Waals surface area contributed by atoms with Gasteiger partial charge in [0.25, 0.3) is 5.91 Å². The molecule has 1 aromatic heterocycles. The lowest BCUT2D eigenvalue weighted by Gasteiger charge is -2.27. The zero-order valence-corrected chi connectivity index (χ0v) is 16.1. The number of carbonyl (C=O) groups excluding carboxylic acids is 1. The van der Waals surface area contributed by atoms with E-state index in [2.05, 4.69) is 10.2 Å². The number of nitro benzene ring substituents is 1. The molecule has 8 nitrogen and oxygen atoms in total. The summed E-state index contributed by atoms with van der Waals surface area (Å²) in [5.74, 6) is -0.161. The van der Waals surface area contributed by atoms with Gasteiger partial charge in [0.1, 0.15) is 0 Å². The second-order valence-electron chi connectivity index (χ2n) is 6.62. The first-order valence-corrected chi connectivity index (χ1v) is 9.37. The van der Waals surface area contributed by atoms with Crippen LogP contribution in [0.2, 0.25) is 5.02 Å². The average Bonchev–Trinajstić information content (AvgIpc) is 3.16. The lowest BCUT2D eigenvalue weighted by Crippen LogP contribution is -2.38. The van der Waals surface area contributed by atoms with Crippen molar-refractivity contribution in [1.82, 2.24) is 15.1 Å². The van der Waals surface area contributed by atoms with Crippen molar-refractivity contribution in [1.29, 1.82) is 0 Å². The number of fused-ring (bicyclic) bond motifs is 1. The van der Waals surface area contributed by atoms with Gasteiger partial charge in [0.2, 0.25) is 0 Å². The second kappa shape index (κ2) is 7.92. The van der Waals surface area contributed by atoms with Gasteiger partial charge in [0, 0.05) is 47.4 Å². The number of nitrogens with zero attached hydrogens (tertiary/aromatic N) is 3. The number of H-pyrrole nitrogens is 1. The molecule has 1 amide bonds. The van der Waals surface area contributed by atoms with E-state index in [1.165, 1.54) is 12.1 Å². The van der Waals surface area contributed by atoms with Gasteiger partial charge in [-0.15, -0.1) is 0 Å². The van der Waals surface area contributed by atoms with E-state index in [0.29, 0.717) is 24.5 Å². The van der Waals surface area contributed by atoms with Crippen LogP contribution < -0.4 is 4.74 Å². The minimum atomic E-state index is -0.531. The number of aromatic nitrogens is 2. The molecule has 0 radical (unpaired) electrons. The molecule has 0 fully saturated rings. The van der Waals surface area contributed by atoms with Gasteiger partial charge < -0.3 is 9.64 Å². The third kappa shape index (κ3) is 3.93. The minimum absolute atomic E-state index is 0.0775. The van der Waals surface area contributed by atoms with Crippen molar-refractivity contribution in [3.8, 4) is 17.0 Å². The fraction of sp³-hybridized carbons (Fsp3) is 0.200. The molecule has 0 spiro atoms. The number of carbonyl (C=O) groups is 1. The van der Waals surface area contributed by atoms with Gasteiger partial charge in [-0.05, 0) is 18.2 Å². The molecule has 1 N–H and O–H groups in total. The molecule has 0 aliphatic carbocycles. The first-order valence-electron chi connectivity index (χ1n) is 8.99. The van der Waals surface area contributed by atoms with Crippen LogP contribution in [0.1, 0.15) is 11.3 Å². The molecular formula is C20H17ClN4O4. The lowest BCUT2D eigenvalue weighted by atomic mass is 10.0. The minimum Gasteiger partial charge on any atom is -0.477 e. The highest BCUT2D eigenvalue weighted by molar-refractivity contribution is 6.30. The third-order valence-corrected chi connectivity index (χ3v) is 5.07. The Morgan fingerprint density at radius 2 is 2.00 bits per heavy atom. The van der Waals surface area contributed by atoms with Crippen molar-refractivity contribution in [2.24, 2.45) is 0 Å². The summed E-state index contributed by atoms with van der Waals surface area (Å²) in [7, 11) is 0. The number of nitrogens with one attached hydrogen (secondary N) is 1. The van der Waals surface area contributed by atoms with E-state index < -0.39 is 4.92 Å². The molecule has 0 saturated heterocycles. The fourth-order valence-electron chi connectivity index (χ4n) is 3.32. The van der Waals surface area contributed by atoms with Crippen LogP contribution in [0.25, 0.3) is 11.3 Å². The standard InChI is InChI=1S/C20H17ClN4O4/c21-14-7-5-13(6-8-14)20-15-11-24(10-9-16(15)22-23-20)19(26)12-29-18-4-2-1-3-17(18)25(27)28/h1-8H,9-12H2,(H,22,23). The first kappa shape index (κ1) is 18.9. The molecule has 1 aliphatic rings. The number of benzene rings is 2. The predicted molar refractivity (Wildman–Crippen MR) is 107 cm³/mol. The monoisotopic (exact) mass is 412 g/mol. The van der Waals surface area contributed by atoms with Crippen molar-refractivity contribution in [3.05, 3.63) is 74.9 Å². The van der Waals surface area contributed by atoms with Gasteiger partial charge in [0.05, 0.1) is 10.6 Å². The van der Waals surface area contributed by atoms with E-state index in [1.807, 2.05) is 12.1 Å². The number of para-hydroxylation sites is 2. The van der Waals surface area contributed by atoms with Crippen molar-refractivity contribution in [2.75, 3.05) is 13.2 Å². The van der Waals surface area contributed by atoms with Crippen LogP contribution in [0.5, 0.6) is 5.75 Å². The summed E-state index contributed by atoms with van der Waals surface area (Å²) in [6, 6.07) is 13.4. The van der Waals surface area contributed by atoms with E-state index in [-0.39, 0.29) is 24.0 Å². The first-order chi connectivity index (χ1) is 14.0. The molecule has 4 rings (SSSR count). The zero-order valence-electron chi connectivity index (χ0n) is 15.3. The van der Waals surface area contributed by atoms with Crippen molar-refractivity contribution < 1.29 is 14.5 Å². The van der Waals surface area contributed by atoms with Crippen LogP contribution in [0.15, 0.2) is 48.5 Å². The van der Waals surface area contributed by atoms with Gasteiger partial charge in [-0.1, -0.05) is 35.9 Å². The van der Waals surface area contributed by atoms with Crippen LogP contribution >= 0.6 is 11.6 Å². The second-order valence-corrected chi connectivity index (χ2v) is 7.05. The molecule has 1 aliphatic heterocycles. The molecule has 2 aromatic carbocycles. The van der Waals surface area contributed by atoms with E-state index in [4.69, 9.17) is 16.3 Å². The lowest BCUT2D eigenvalue weighted by molar-refractivity contribution is -0.385. The summed E-state index contributed by atoms with van der Waals surface area (Å²) >= 11 is 5.96. The number of nitro groups is 1. The maximum atomic E-state index is 12.7. The van der Waals surface area contributed by atoms with Crippen molar-refractivity contribution in [3.63, 3.8) is 0 Å². The molecule has 0 unspecified atom stereocenters. The number of rotatable bonds is 5. The Kier molecular flexibility index (Phi) is 5.18. The van der Waals surface area contributed by atoms with Crippen LogP contribution in [-0.4, -0.2) is 39.1 Å². The van der Waals surface area contributed by atoms with E-state index in [1.54, 1.807) is 29.2 Å². The summed E-state index contributed by atoms with van der Waals surface area (Å²) < 4.78 is 5.44. The third-order valence-electron chi connectivity index (χ3n) is 4.82. The summed E-state index contributed by atoms with van der Waals surface area (Å²) in [5, 5.41) is 19.2. The quantitative estimate of drug-likeness (QED) is 0.509. The highest BCUT2D eigenvalue weighted by Crippen LogP contribution is 2.30. The maximum Gasteiger partial charge on any atom is 0.310 e. The van der Waals surface area contributed by atoms with Crippen LogP contribution in [0.3, 0.4) is 0 Å². The van der Waals surface area contributed by atoms with E-state index >= 15 is 0 Å². The summed E-state index contributed by atoms with van der Waals surface area (Å²) in [6.45, 7) is 0.644. The summed E-state index contributed by atoms with van der Waals surface area (Å²) in [5.41, 5.74) is 3.49. The number of amides is 1. The Morgan fingerprint density at radius 1 is 1.24 bits per heavy atom. The highest BCUT2D eigenvalue weighted by atomic mass is 35.5. The van der Waals surface area contributed by atoms with Gasteiger partial charge >= 0.3 is 5.69 Å². The van der Waals surface area contributed by atoms with Crippen molar-refractivity contribution in [2.45, 2.75) is 13.0 Å². The molecule has 2 heterocycles. The highest BCUT2D eigenvalue weighted by Gasteiger charge is 2.26. The number of halogens is 1. The zero-order chi connectivity index (χ0) is 20.4. The Balaban J connectivity index is 1.47. The molecule has 0 bridgehead atoms. The smallest absolute Gasteiger partial charge is 0.310 e. The van der Waals surface area contributed by atoms with Crippen LogP contribution in [0, 0.1) is 10.1 Å². The molecule has 148 valence electrons. The molecule has 3 aromatic rings. The van der Waals surface area contributed by atoms with Gasteiger partial charge in [-0.3, -0.25) is 20.0 Å². The van der Waals surface area contributed by atoms with Gasteiger partial charge in [-0.25, -0.2) is 0 Å². The Morgan fingerprint density at radius 3 is 2.76 bits per heavy atom. The van der Waals surface area contributed by atoms with E-state index in [0.717, 1.165) is 22.5 Å². The Labute approximate surface area is 171 Å². The van der Waals surface area contributed by atoms with Gasteiger partial charge in [0.15, 0.2) is 12.4 Å². The van der Waals surface area contributed by atoms with Gasteiger partial charge in [-0.2, -0.15) is 5.10 Å². The average molecular weight is 413 g/mol. The number of hydrogen-bond donors (Lipinski definition) is 1. The molecular weight excluding hydrogens is 396 g/mol. The molecule has 0 atom stereocenters. The van der Waals surface area contributed by atoms with Crippen LogP contribution in [0.4, 0.5) is 5.69 Å². The molecule has 9 heteroatoms.